The van der Waals surface area contributed by atoms with Crippen molar-refractivity contribution in [2.45, 2.75) is 18.3 Å². The number of alkyl halides is 8. The second-order valence-electron chi connectivity index (χ2n) is 6.89. The molecule has 1 aromatic heterocycles. The summed E-state index contributed by atoms with van der Waals surface area (Å²) >= 11 is 5.94. The molecule has 2 aromatic rings. The van der Waals surface area contributed by atoms with Crippen LogP contribution in [0.5, 0.6) is 0 Å². The fourth-order valence-corrected chi connectivity index (χ4v) is 2.95. The van der Waals surface area contributed by atoms with Gasteiger partial charge < -0.3 is 16.0 Å². The van der Waals surface area contributed by atoms with E-state index < -0.39 is 47.4 Å². The Balaban J connectivity index is 2.37. The van der Waals surface area contributed by atoms with E-state index in [0.717, 1.165) is 18.2 Å². The fourth-order valence-electron chi connectivity index (χ4n) is 2.74. The maximum Gasteiger partial charge on any atom is 0.459 e. The molecule has 16 heteroatoms. The number of halogens is 9. The van der Waals surface area contributed by atoms with E-state index >= 15 is 0 Å². The number of hydrogen-bond donors (Lipinski definition) is 3. The van der Waals surface area contributed by atoms with Gasteiger partial charge in [0.15, 0.2) is 0 Å². The number of hydrogen-bond acceptors (Lipinski definition) is 5. The number of aliphatic imine (C=N–C) groups is 1. The number of pyridine rings is 1. The minimum atomic E-state index is -6.53. The number of carbonyl (C=O) groups is 2. The first kappa shape index (κ1) is 28.6. The van der Waals surface area contributed by atoms with Gasteiger partial charge in [-0.25, -0.2) is 4.98 Å². The highest BCUT2D eigenvalue weighted by Crippen LogP contribution is 2.42. The zero-order valence-electron chi connectivity index (χ0n) is 17.7. The number of anilines is 2. The molecule has 0 aliphatic rings. The molecular weight excluding hydrogens is 530 g/mol. The molecule has 0 fully saturated rings. The molecule has 0 radical (unpaired) electrons. The summed E-state index contributed by atoms with van der Waals surface area (Å²) in [5, 5.41) is 11.0. The quantitative estimate of drug-likeness (QED) is 0.322. The van der Waals surface area contributed by atoms with Gasteiger partial charge in [0.25, 0.3) is 11.8 Å². The molecule has 7 nitrogen and oxygen atoms in total. The first-order chi connectivity index (χ1) is 16.5. The van der Waals surface area contributed by atoms with Crippen molar-refractivity contribution in [2.75, 3.05) is 17.7 Å². The van der Waals surface area contributed by atoms with Crippen LogP contribution in [0.2, 0.25) is 5.02 Å². The molecule has 3 N–H and O–H groups in total. The lowest BCUT2D eigenvalue weighted by Crippen LogP contribution is -2.54. The monoisotopic (exact) mass is 543 g/mol. The average Bonchev–Trinajstić information content (AvgIpc) is 2.77. The van der Waals surface area contributed by atoms with Gasteiger partial charge >= 0.3 is 18.3 Å². The van der Waals surface area contributed by atoms with Gasteiger partial charge in [-0.05, 0) is 30.3 Å². The number of carbonyl (C=O) groups excluding carboxylic acids is 2. The van der Waals surface area contributed by atoms with E-state index in [9.17, 15) is 44.7 Å². The maximum absolute atomic E-state index is 13.6. The van der Waals surface area contributed by atoms with E-state index in [4.69, 9.17) is 17.0 Å². The van der Waals surface area contributed by atoms with Crippen molar-refractivity contribution in [1.29, 1.82) is 5.41 Å². The number of nitrogens with one attached hydrogen (secondary N) is 3. The van der Waals surface area contributed by atoms with Gasteiger partial charge in [-0.15, -0.1) is 0 Å². The van der Waals surface area contributed by atoms with E-state index in [2.05, 4.69) is 15.3 Å². The number of rotatable bonds is 7. The SMILES string of the molecule is CN=C(C(=O)Nc1ccc(Cl)c(C(=O)Nc2ccccn2)c1)C(C(=N)C(F)(F)C(F)(F)F)C(F)(F)F. The van der Waals surface area contributed by atoms with Crippen molar-refractivity contribution in [3.63, 3.8) is 0 Å². The molecule has 0 aliphatic heterocycles. The molecule has 0 saturated heterocycles. The van der Waals surface area contributed by atoms with Crippen LogP contribution in [0.1, 0.15) is 10.4 Å². The summed E-state index contributed by atoms with van der Waals surface area (Å²) < 4.78 is 105. The zero-order valence-corrected chi connectivity index (χ0v) is 18.5. The Morgan fingerprint density at radius 2 is 1.67 bits per heavy atom. The minimum absolute atomic E-state index is 0.102. The third-order valence-electron chi connectivity index (χ3n) is 4.43. The lowest BCUT2D eigenvalue weighted by molar-refractivity contribution is -0.253. The largest absolute Gasteiger partial charge is 0.459 e. The van der Waals surface area contributed by atoms with Crippen LogP contribution in [-0.2, 0) is 4.79 Å². The normalized spacial score (nSPS) is 13.7. The van der Waals surface area contributed by atoms with Gasteiger partial charge in [0.2, 0.25) is 0 Å². The molecular formula is C20H14ClF8N5O2. The van der Waals surface area contributed by atoms with Gasteiger partial charge in [0.05, 0.1) is 10.6 Å². The summed E-state index contributed by atoms with van der Waals surface area (Å²) in [4.78, 5) is 31.7. The predicted octanol–water partition coefficient (Wildman–Crippen LogP) is 5.39. The van der Waals surface area contributed by atoms with Gasteiger partial charge in [-0.3, -0.25) is 14.6 Å². The second kappa shape index (κ2) is 10.6. The Kier molecular flexibility index (Phi) is 8.39. The molecule has 0 spiro atoms. The van der Waals surface area contributed by atoms with E-state index in [-0.39, 0.29) is 22.1 Å². The van der Waals surface area contributed by atoms with Crippen LogP contribution >= 0.6 is 11.6 Å². The molecule has 0 bridgehead atoms. The van der Waals surface area contributed by atoms with Gasteiger partial charge in [0, 0.05) is 18.9 Å². The Labute approximate surface area is 202 Å². The highest BCUT2D eigenvalue weighted by molar-refractivity contribution is 6.47. The summed E-state index contributed by atoms with van der Waals surface area (Å²) in [7, 11) is 0.542. The molecule has 1 atom stereocenters. The van der Waals surface area contributed by atoms with Crippen molar-refractivity contribution in [3.8, 4) is 0 Å². The smallest absolute Gasteiger partial charge is 0.321 e. The Hall–Kier alpha value is -3.62. The van der Waals surface area contributed by atoms with Crippen LogP contribution in [0, 0.1) is 11.3 Å². The van der Waals surface area contributed by atoms with Crippen molar-refractivity contribution in [3.05, 3.63) is 53.2 Å². The van der Waals surface area contributed by atoms with Crippen LogP contribution in [0.25, 0.3) is 0 Å². The van der Waals surface area contributed by atoms with Crippen molar-refractivity contribution >= 4 is 46.3 Å². The van der Waals surface area contributed by atoms with Crippen LogP contribution < -0.4 is 10.6 Å². The Morgan fingerprint density at radius 1 is 1.03 bits per heavy atom. The van der Waals surface area contributed by atoms with Crippen LogP contribution in [0.15, 0.2) is 47.6 Å². The van der Waals surface area contributed by atoms with Crippen LogP contribution in [0.3, 0.4) is 0 Å². The van der Waals surface area contributed by atoms with Crippen molar-refractivity contribution in [2.24, 2.45) is 10.9 Å². The van der Waals surface area contributed by atoms with E-state index in [1.807, 2.05) is 5.32 Å². The molecule has 194 valence electrons. The predicted molar refractivity (Wildman–Crippen MR) is 114 cm³/mol. The van der Waals surface area contributed by atoms with Crippen LogP contribution in [0.4, 0.5) is 46.6 Å². The summed E-state index contributed by atoms with van der Waals surface area (Å²) in [5.74, 6) is -12.8. The van der Waals surface area contributed by atoms with E-state index in [1.54, 1.807) is 12.1 Å². The summed E-state index contributed by atoms with van der Waals surface area (Å²) in [6, 6.07) is 7.51. The lowest BCUT2D eigenvalue weighted by atomic mass is 9.91. The number of benzene rings is 1. The number of aromatic nitrogens is 1. The molecule has 2 amide bonds. The summed E-state index contributed by atoms with van der Waals surface area (Å²) in [6.07, 6.45) is -11.1. The highest BCUT2D eigenvalue weighted by atomic mass is 35.5. The van der Waals surface area contributed by atoms with Gasteiger partial charge in [-0.1, -0.05) is 17.7 Å². The molecule has 1 aromatic carbocycles. The fraction of sp³-hybridized carbons (Fsp3) is 0.250. The third-order valence-corrected chi connectivity index (χ3v) is 4.76. The van der Waals surface area contributed by atoms with Crippen molar-refractivity contribution in [1.82, 2.24) is 4.98 Å². The number of nitrogens with zero attached hydrogens (tertiary/aromatic N) is 2. The van der Waals surface area contributed by atoms with Gasteiger partial charge in [0.1, 0.15) is 23.2 Å². The first-order valence-electron chi connectivity index (χ1n) is 9.40. The van der Waals surface area contributed by atoms with E-state index in [1.165, 1.54) is 12.3 Å². The summed E-state index contributed by atoms with van der Waals surface area (Å²) in [5.41, 5.74) is -5.65. The molecule has 2 rings (SSSR count). The molecule has 36 heavy (non-hydrogen) atoms. The molecule has 1 unspecified atom stereocenters. The molecule has 0 saturated carbocycles. The lowest BCUT2D eigenvalue weighted by Gasteiger charge is -2.28. The molecule has 0 aliphatic carbocycles. The average molecular weight is 544 g/mol. The highest BCUT2D eigenvalue weighted by Gasteiger charge is 2.66. The standard InChI is InChI=1S/C20H14ClF8N5O2/c1-31-14(13(19(24,25)26)15(30)18(22,23)20(27,28)29)17(36)33-9-5-6-11(21)10(8-9)16(35)34-12-4-2-3-7-32-12/h2-8,13,30H,1H3,(H,33,36)(H,32,34,35). The molecule has 1 heterocycles. The first-order valence-corrected chi connectivity index (χ1v) is 9.78. The zero-order chi connectivity index (χ0) is 27.5. The van der Waals surface area contributed by atoms with Crippen LogP contribution in [-0.4, -0.2) is 53.5 Å². The minimum Gasteiger partial charge on any atom is -0.321 e. The third kappa shape index (κ3) is 6.33. The number of amides is 2. The maximum atomic E-state index is 13.6. The van der Waals surface area contributed by atoms with E-state index in [0.29, 0.717) is 7.05 Å². The topological polar surface area (TPSA) is 107 Å². The van der Waals surface area contributed by atoms with Gasteiger partial charge in [-0.2, -0.15) is 35.1 Å². The summed E-state index contributed by atoms with van der Waals surface area (Å²) in [6.45, 7) is 0. The van der Waals surface area contributed by atoms with Crippen molar-refractivity contribution < 1.29 is 44.7 Å². The Bertz CT molecular complexity index is 1180. The second-order valence-corrected chi connectivity index (χ2v) is 7.29. The Morgan fingerprint density at radius 3 is 2.17 bits per heavy atom.